The van der Waals surface area contributed by atoms with Gasteiger partial charge in [0.2, 0.25) is 0 Å². The molecule has 7 heteroatoms. The molecule has 1 aromatic carbocycles. The number of rotatable bonds is 4. The highest BCUT2D eigenvalue weighted by Gasteiger charge is 2.41. The summed E-state index contributed by atoms with van der Waals surface area (Å²) in [5.41, 5.74) is -0.318. The number of nitro groups is 1. The predicted octanol–water partition coefficient (Wildman–Crippen LogP) is 1.77. The molecule has 2 rings (SSSR count). The van der Waals surface area contributed by atoms with E-state index in [1.54, 1.807) is 12.1 Å². The van der Waals surface area contributed by atoms with Crippen LogP contribution in [-0.4, -0.2) is 28.1 Å². The highest BCUT2D eigenvalue weighted by Crippen LogP contribution is 2.26. The van der Waals surface area contributed by atoms with Gasteiger partial charge < -0.3 is 10.4 Å². The average Bonchev–Trinajstić information content (AvgIpc) is 2.79. The van der Waals surface area contributed by atoms with Crippen LogP contribution in [0.3, 0.4) is 0 Å². The molecule has 2 N–H and O–H groups in total. The zero-order valence-electron chi connectivity index (χ0n) is 10.2. The van der Waals surface area contributed by atoms with Gasteiger partial charge in [0, 0.05) is 18.6 Å². The summed E-state index contributed by atoms with van der Waals surface area (Å²) in [5.74, 6) is -0.897. The van der Waals surface area contributed by atoms with E-state index >= 15 is 0 Å². The maximum Gasteiger partial charge on any atom is 0.324 e. The van der Waals surface area contributed by atoms with Crippen LogP contribution >= 0.6 is 12.4 Å². The molecule has 19 heavy (non-hydrogen) atoms. The first-order chi connectivity index (χ1) is 8.53. The summed E-state index contributed by atoms with van der Waals surface area (Å²) in [6.07, 6.45) is 1.62. The number of hydrogen-bond donors (Lipinski definition) is 2. The molecule has 6 nitrogen and oxygen atoms in total. The zero-order chi connectivity index (χ0) is 13.2. The second-order valence-corrected chi connectivity index (χ2v) is 4.52. The van der Waals surface area contributed by atoms with Crippen molar-refractivity contribution < 1.29 is 14.8 Å². The van der Waals surface area contributed by atoms with E-state index in [-0.39, 0.29) is 24.5 Å². The number of benzene rings is 1. The van der Waals surface area contributed by atoms with Gasteiger partial charge in [-0.05, 0) is 24.9 Å². The van der Waals surface area contributed by atoms with Gasteiger partial charge in [0.1, 0.15) is 5.54 Å². The monoisotopic (exact) mass is 286 g/mol. The molecular weight excluding hydrogens is 272 g/mol. The van der Waals surface area contributed by atoms with Crippen molar-refractivity contribution in [2.45, 2.75) is 24.8 Å². The molecule has 0 radical (unpaired) electrons. The fourth-order valence-electron chi connectivity index (χ4n) is 2.34. The lowest BCUT2D eigenvalue weighted by molar-refractivity contribution is -0.384. The van der Waals surface area contributed by atoms with Crippen LogP contribution in [0.15, 0.2) is 24.3 Å². The Bertz CT molecular complexity index is 486. The first-order valence-corrected chi connectivity index (χ1v) is 5.75. The minimum Gasteiger partial charge on any atom is -0.480 e. The Labute approximate surface area is 116 Å². The molecule has 1 aromatic rings. The van der Waals surface area contributed by atoms with E-state index in [0.29, 0.717) is 18.5 Å². The highest BCUT2D eigenvalue weighted by atomic mass is 35.5. The summed E-state index contributed by atoms with van der Waals surface area (Å²) in [6, 6.07) is 6.14. The van der Waals surface area contributed by atoms with Crippen LogP contribution in [0.2, 0.25) is 0 Å². The van der Waals surface area contributed by atoms with E-state index in [1.807, 2.05) is 0 Å². The third-order valence-corrected chi connectivity index (χ3v) is 3.28. The SMILES string of the molecule is Cl.O=C(O)[C@@]1(Cc2cccc([N+](=O)[O-])c2)CCCN1. The zero-order valence-corrected chi connectivity index (χ0v) is 11.0. The molecule has 0 unspecified atom stereocenters. The van der Waals surface area contributed by atoms with Crippen molar-refractivity contribution in [1.82, 2.24) is 5.32 Å². The van der Waals surface area contributed by atoms with Gasteiger partial charge in [-0.3, -0.25) is 14.9 Å². The van der Waals surface area contributed by atoms with Crippen molar-refractivity contribution in [1.29, 1.82) is 0 Å². The van der Waals surface area contributed by atoms with Crippen LogP contribution in [0.5, 0.6) is 0 Å². The van der Waals surface area contributed by atoms with Crippen molar-refractivity contribution in [2.75, 3.05) is 6.54 Å². The van der Waals surface area contributed by atoms with Crippen LogP contribution in [0, 0.1) is 10.1 Å². The third kappa shape index (κ3) is 3.21. The molecule has 1 atom stereocenters. The Morgan fingerprint density at radius 2 is 2.26 bits per heavy atom. The largest absolute Gasteiger partial charge is 0.480 e. The molecule has 1 fully saturated rings. The van der Waals surface area contributed by atoms with Crippen LogP contribution in [0.1, 0.15) is 18.4 Å². The Morgan fingerprint density at radius 1 is 1.53 bits per heavy atom. The Morgan fingerprint density at radius 3 is 2.79 bits per heavy atom. The minimum atomic E-state index is -0.977. The van der Waals surface area contributed by atoms with Gasteiger partial charge in [0.05, 0.1) is 4.92 Å². The van der Waals surface area contributed by atoms with Crippen LogP contribution < -0.4 is 5.32 Å². The molecule has 0 aromatic heterocycles. The first-order valence-electron chi connectivity index (χ1n) is 5.75. The van der Waals surface area contributed by atoms with Crippen LogP contribution in [-0.2, 0) is 11.2 Å². The number of carboxylic acid groups (broad SMARTS) is 1. The number of carboxylic acids is 1. The number of nitrogens with one attached hydrogen (secondary N) is 1. The van der Waals surface area contributed by atoms with Crippen molar-refractivity contribution in [3.63, 3.8) is 0 Å². The van der Waals surface area contributed by atoms with Crippen molar-refractivity contribution in [3.05, 3.63) is 39.9 Å². The molecule has 1 aliphatic rings. The van der Waals surface area contributed by atoms with E-state index < -0.39 is 16.4 Å². The molecule has 1 aliphatic heterocycles. The number of nitrogens with zero attached hydrogens (tertiary/aromatic N) is 1. The number of halogens is 1. The minimum absolute atomic E-state index is 0. The molecule has 0 spiro atoms. The van der Waals surface area contributed by atoms with Gasteiger partial charge >= 0.3 is 5.97 Å². The van der Waals surface area contributed by atoms with Crippen molar-refractivity contribution in [2.24, 2.45) is 0 Å². The van der Waals surface area contributed by atoms with Gasteiger partial charge in [-0.1, -0.05) is 12.1 Å². The number of non-ortho nitro benzene ring substituents is 1. The summed E-state index contributed by atoms with van der Waals surface area (Å²) in [7, 11) is 0. The number of carbonyl (C=O) groups is 1. The van der Waals surface area contributed by atoms with Gasteiger partial charge in [-0.25, -0.2) is 0 Å². The van der Waals surface area contributed by atoms with Crippen LogP contribution in [0.4, 0.5) is 5.69 Å². The summed E-state index contributed by atoms with van der Waals surface area (Å²) in [5, 5.41) is 23.0. The maximum absolute atomic E-state index is 11.4. The molecule has 0 amide bonds. The van der Waals surface area contributed by atoms with E-state index in [1.165, 1.54) is 12.1 Å². The third-order valence-electron chi connectivity index (χ3n) is 3.28. The van der Waals surface area contributed by atoms with Gasteiger partial charge in [0.25, 0.3) is 5.69 Å². The lowest BCUT2D eigenvalue weighted by atomic mass is 9.89. The van der Waals surface area contributed by atoms with Gasteiger partial charge in [0.15, 0.2) is 0 Å². The second-order valence-electron chi connectivity index (χ2n) is 4.52. The highest BCUT2D eigenvalue weighted by molar-refractivity contribution is 5.85. The van der Waals surface area contributed by atoms with Crippen LogP contribution in [0.25, 0.3) is 0 Å². The van der Waals surface area contributed by atoms with Crippen molar-refractivity contribution in [3.8, 4) is 0 Å². The second kappa shape index (κ2) is 5.99. The lowest BCUT2D eigenvalue weighted by Gasteiger charge is -2.24. The summed E-state index contributed by atoms with van der Waals surface area (Å²) < 4.78 is 0. The molecule has 0 saturated carbocycles. The molecule has 1 saturated heterocycles. The first kappa shape index (κ1) is 15.4. The number of nitro benzene ring substituents is 1. The Hall–Kier alpha value is -1.66. The summed E-state index contributed by atoms with van der Waals surface area (Å²) in [6.45, 7) is 0.668. The topological polar surface area (TPSA) is 92.5 Å². The number of hydrogen-bond acceptors (Lipinski definition) is 4. The van der Waals surface area contributed by atoms with Gasteiger partial charge in [-0.2, -0.15) is 0 Å². The standard InChI is InChI=1S/C12H14N2O4.ClH/c15-11(16)12(5-2-6-13-12)8-9-3-1-4-10(7-9)14(17)18;/h1,3-4,7,13H,2,5-6,8H2,(H,15,16);1H/t12-;/m0./s1. The normalized spacial score (nSPS) is 21.7. The molecule has 1 heterocycles. The smallest absolute Gasteiger partial charge is 0.324 e. The molecular formula is C12H15ClN2O4. The van der Waals surface area contributed by atoms with E-state index in [9.17, 15) is 20.0 Å². The fraction of sp³-hybridized carbons (Fsp3) is 0.417. The Balaban J connectivity index is 0.00000180. The Kier molecular flexibility index (Phi) is 4.85. The fourth-order valence-corrected chi connectivity index (χ4v) is 2.34. The summed E-state index contributed by atoms with van der Waals surface area (Å²) >= 11 is 0. The maximum atomic E-state index is 11.4. The van der Waals surface area contributed by atoms with E-state index in [0.717, 1.165) is 6.42 Å². The van der Waals surface area contributed by atoms with Gasteiger partial charge in [-0.15, -0.1) is 12.4 Å². The molecule has 104 valence electrons. The molecule has 0 aliphatic carbocycles. The summed E-state index contributed by atoms with van der Waals surface area (Å²) in [4.78, 5) is 21.6. The number of aliphatic carboxylic acids is 1. The average molecular weight is 287 g/mol. The van der Waals surface area contributed by atoms with E-state index in [4.69, 9.17) is 0 Å². The lowest BCUT2D eigenvalue weighted by Crippen LogP contribution is -2.49. The van der Waals surface area contributed by atoms with Crippen molar-refractivity contribution >= 4 is 24.1 Å². The quantitative estimate of drug-likeness (QED) is 0.650. The molecule has 0 bridgehead atoms. The van der Waals surface area contributed by atoms with E-state index in [2.05, 4.69) is 5.32 Å². The predicted molar refractivity (Wildman–Crippen MR) is 71.7 cm³/mol.